The fourth-order valence-corrected chi connectivity index (χ4v) is 2.08. The first-order valence-electron chi connectivity index (χ1n) is 8.47. The average molecular weight is 380 g/mol. The molecule has 1 rings (SSSR count). The Balaban J connectivity index is 2.34. The summed E-state index contributed by atoms with van der Waals surface area (Å²) in [6.45, 7) is 4.80. The zero-order valence-corrected chi connectivity index (χ0v) is 16.0. The van der Waals surface area contributed by atoms with Gasteiger partial charge in [-0.05, 0) is 45.0 Å². The van der Waals surface area contributed by atoms with Gasteiger partial charge in [0.15, 0.2) is 12.4 Å². The first-order valence-corrected chi connectivity index (χ1v) is 8.47. The zero-order valence-electron chi connectivity index (χ0n) is 16.0. The molecule has 7 nitrogen and oxygen atoms in total. The van der Waals surface area contributed by atoms with E-state index in [2.05, 4.69) is 5.32 Å². The minimum absolute atomic E-state index is 0.109. The van der Waals surface area contributed by atoms with Crippen LogP contribution in [0.25, 0.3) is 0 Å². The maximum atomic E-state index is 12.8. The molecule has 0 radical (unpaired) electrons. The Kier molecular flexibility index (Phi) is 8.08. The van der Waals surface area contributed by atoms with E-state index in [-0.39, 0.29) is 31.1 Å². The highest BCUT2D eigenvalue weighted by Gasteiger charge is 2.19. The number of benzene rings is 1. The second-order valence-corrected chi connectivity index (χ2v) is 7.14. The zero-order chi connectivity index (χ0) is 20.6. The molecule has 0 heterocycles. The lowest BCUT2D eigenvalue weighted by atomic mass is 10.1. The Bertz CT molecular complexity index is 695. The van der Waals surface area contributed by atoms with E-state index in [9.17, 15) is 23.6 Å². The molecular formula is C19H25FN2O5. The van der Waals surface area contributed by atoms with Gasteiger partial charge in [0.05, 0.1) is 13.0 Å². The molecule has 0 aromatic heterocycles. The van der Waals surface area contributed by atoms with Gasteiger partial charge in [0.25, 0.3) is 5.91 Å². The van der Waals surface area contributed by atoms with Gasteiger partial charge in [-0.25, -0.2) is 4.39 Å². The third-order valence-corrected chi connectivity index (χ3v) is 3.40. The van der Waals surface area contributed by atoms with Gasteiger partial charge in [-0.1, -0.05) is 0 Å². The van der Waals surface area contributed by atoms with Gasteiger partial charge in [-0.2, -0.15) is 0 Å². The Morgan fingerprint density at radius 1 is 1.07 bits per heavy atom. The lowest BCUT2D eigenvalue weighted by Gasteiger charge is -2.23. The molecule has 0 unspecified atom stereocenters. The van der Waals surface area contributed by atoms with Crippen molar-refractivity contribution in [2.45, 2.75) is 39.2 Å². The van der Waals surface area contributed by atoms with E-state index >= 15 is 0 Å². The topological polar surface area (TPSA) is 92.8 Å². The van der Waals surface area contributed by atoms with Gasteiger partial charge >= 0.3 is 5.97 Å². The van der Waals surface area contributed by atoms with Crippen LogP contribution in [0.4, 0.5) is 4.39 Å². The van der Waals surface area contributed by atoms with Crippen molar-refractivity contribution >= 4 is 23.6 Å². The number of hydrogen-bond donors (Lipinski definition) is 1. The van der Waals surface area contributed by atoms with E-state index in [4.69, 9.17) is 4.74 Å². The average Bonchev–Trinajstić information content (AvgIpc) is 2.56. The second kappa shape index (κ2) is 9.80. The summed E-state index contributed by atoms with van der Waals surface area (Å²) < 4.78 is 17.7. The number of carbonyl (C=O) groups is 4. The smallest absolute Gasteiger partial charge is 0.306 e. The van der Waals surface area contributed by atoms with Crippen molar-refractivity contribution < 1.29 is 28.3 Å². The molecule has 1 aromatic carbocycles. The molecule has 0 aliphatic heterocycles. The highest BCUT2D eigenvalue weighted by atomic mass is 19.1. The number of rotatable bonds is 8. The van der Waals surface area contributed by atoms with Crippen LogP contribution in [0.2, 0.25) is 0 Å². The SMILES string of the molecule is CN(CC(=O)NC(C)(C)C)C(=O)COC(=O)CCC(=O)c1ccc(F)cc1. The molecule has 1 N–H and O–H groups in total. The van der Waals surface area contributed by atoms with Crippen molar-refractivity contribution in [3.05, 3.63) is 35.6 Å². The number of Topliss-reactive ketones (excluding diaryl/α,β-unsaturated/α-hetero) is 1. The quantitative estimate of drug-likeness (QED) is 0.547. The number of likely N-dealkylation sites (N-methyl/N-ethyl adjacent to an activating group) is 1. The van der Waals surface area contributed by atoms with Crippen molar-refractivity contribution in [3.63, 3.8) is 0 Å². The molecule has 0 spiro atoms. The largest absolute Gasteiger partial charge is 0.456 e. The summed E-state index contributed by atoms with van der Waals surface area (Å²) >= 11 is 0. The summed E-state index contributed by atoms with van der Waals surface area (Å²) in [7, 11) is 1.43. The van der Waals surface area contributed by atoms with E-state index in [1.165, 1.54) is 19.2 Å². The number of ether oxygens (including phenoxy) is 1. The molecule has 8 heteroatoms. The molecule has 0 bridgehead atoms. The predicted molar refractivity (Wildman–Crippen MR) is 96.5 cm³/mol. The number of nitrogens with zero attached hydrogens (tertiary/aromatic N) is 1. The van der Waals surface area contributed by atoms with E-state index in [1.54, 1.807) is 0 Å². The van der Waals surface area contributed by atoms with Gasteiger partial charge in [0.2, 0.25) is 5.91 Å². The highest BCUT2D eigenvalue weighted by Crippen LogP contribution is 2.08. The van der Waals surface area contributed by atoms with Crippen LogP contribution in [-0.2, 0) is 19.1 Å². The third kappa shape index (κ3) is 8.94. The lowest BCUT2D eigenvalue weighted by molar-refractivity contribution is -0.152. The monoisotopic (exact) mass is 380 g/mol. The van der Waals surface area contributed by atoms with Crippen LogP contribution in [0, 0.1) is 5.82 Å². The second-order valence-electron chi connectivity index (χ2n) is 7.14. The fraction of sp³-hybridized carbons (Fsp3) is 0.474. The molecule has 0 saturated heterocycles. The van der Waals surface area contributed by atoms with Crippen LogP contribution in [-0.4, -0.2) is 54.2 Å². The summed E-state index contributed by atoms with van der Waals surface area (Å²) in [5.74, 6) is -2.34. The van der Waals surface area contributed by atoms with Crippen LogP contribution in [0.5, 0.6) is 0 Å². The molecule has 0 aliphatic carbocycles. The number of hydrogen-bond acceptors (Lipinski definition) is 5. The molecule has 0 saturated carbocycles. The molecule has 0 fully saturated rings. The van der Waals surface area contributed by atoms with Gasteiger partial charge in [-0.15, -0.1) is 0 Å². The predicted octanol–water partition coefficient (Wildman–Crippen LogP) is 1.70. The van der Waals surface area contributed by atoms with Crippen molar-refractivity contribution in [3.8, 4) is 0 Å². The van der Waals surface area contributed by atoms with Gasteiger partial charge in [-0.3, -0.25) is 19.2 Å². The van der Waals surface area contributed by atoms with Gasteiger partial charge in [0, 0.05) is 24.6 Å². The molecule has 148 valence electrons. The van der Waals surface area contributed by atoms with Crippen molar-refractivity contribution in [2.24, 2.45) is 0 Å². The minimum atomic E-state index is -0.702. The summed E-state index contributed by atoms with van der Waals surface area (Å²) in [5.41, 5.74) is -0.116. The number of carbonyl (C=O) groups excluding carboxylic acids is 4. The van der Waals surface area contributed by atoms with E-state index in [1.807, 2.05) is 20.8 Å². The van der Waals surface area contributed by atoms with Crippen LogP contribution < -0.4 is 5.32 Å². The highest BCUT2D eigenvalue weighted by molar-refractivity contribution is 5.97. The molecule has 27 heavy (non-hydrogen) atoms. The van der Waals surface area contributed by atoms with Gasteiger partial charge in [0.1, 0.15) is 5.82 Å². The molecular weight excluding hydrogens is 355 g/mol. The van der Waals surface area contributed by atoms with Crippen LogP contribution >= 0.6 is 0 Å². The van der Waals surface area contributed by atoms with Crippen LogP contribution in [0.15, 0.2) is 24.3 Å². The van der Waals surface area contributed by atoms with Crippen LogP contribution in [0.3, 0.4) is 0 Å². The molecule has 0 aliphatic rings. The standard InChI is InChI=1S/C19H25FN2O5/c1-19(2,3)21-16(24)11-22(4)17(25)12-27-18(26)10-9-15(23)13-5-7-14(20)8-6-13/h5-8H,9-12H2,1-4H3,(H,21,24). The van der Waals surface area contributed by atoms with Crippen molar-refractivity contribution in [2.75, 3.05) is 20.2 Å². The first kappa shape index (κ1) is 22.3. The van der Waals surface area contributed by atoms with E-state index < -0.39 is 29.8 Å². The van der Waals surface area contributed by atoms with Crippen molar-refractivity contribution in [1.82, 2.24) is 10.2 Å². The maximum Gasteiger partial charge on any atom is 0.306 e. The molecule has 2 amide bonds. The van der Waals surface area contributed by atoms with Crippen LogP contribution in [0.1, 0.15) is 44.0 Å². The summed E-state index contributed by atoms with van der Waals surface area (Å²) in [4.78, 5) is 48.4. The summed E-state index contributed by atoms with van der Waals surface area (Å²) in [6, 6.07) is 5.00. The number of esters is 1. The Morgan fingerprint density at radius 2 is 1.67 bits per heavy atom. The number of halogens is 1. The first-order chi connectivity index (χ1) is 12.5. The number of amides is 2. The van der Waals surface area contributed by atoms with Gasteiger partial charge < -0.3 is 15.0 Å². The van der Waals surface area contributed by atoms with Crippen molar-refractivity contribution in [1.29, 1.82) is 0 Å². The third-order valence-electron chi connectivity index (χ3n) is 3.40. The molecule has 0 atom stereocenters. The maximum absolute atomic E-state index is 12.8. The number of nitrogens with one attached hydrogen (secondary N) is 1. The Hall–Kier alpha value is -2.77. The molecule has 1 aromatic rings. The Morgan fingerprint density at radius 3 is 2.22 bits per heavy atom. The van der Waals surface area contributed by atoms with E-state index in [0.717, 1.165) is 17.0 Å². The number of ketones is 1. The minimum Gasteiger partial charge on any atom is -0.456 e. The lowest BCUT2D eigenvalue weighted by Crippen LogP contribution is -2.46. The summed E-state index contributed by atoms with van der Waals surface area (Å²) in [5, 5.41) is 2.72. The fourth-order valence-electron chi connectivity index (χ4n) is 2.08. The summed E-state index contributed by atoms with van der Waals surface area (Å²) in [6.07, 6.45) is -0.305. The normalized spacial score (nSPS) is 10.9. The Labute approximate surface area is 157 Å². The van der Waals surface area contributed by atoms with E-state index in [0.29, 0.717) is 5.56 Å².